The lowest BCUT2D eigenvalue weighted by Gasteiger charge is -2.36. The smallest absolute Gasteiger partial charge is 0.345 e. The van der Waals surface area contributed by atoms with E-state index >= 15 is 0 Å². The molecule has 0 radical (unpaired) electrons. The van der Waals surface area contributed by atoms with E-state index in [-0.39, 0.29) is 18.0 Å². The van der Waals surface area contributed by atoms with Gasteiger partial charge in [0.25, 0.3) is 0 Å². The van der Waals surface area contributed by atoms with Gasteiger partial charge in [-0.05, 0) is 37.7 Å². The first-order valence-corrected chi connectivity index (χ1v) is 7.50. The van der Waals surface area contributed by atoms with E-state index in [2.05, 4.69) is 6.08 Å². The van der Waals surface area contributed by atoms with Crippen molar-refractivity contribution < 1.29 is 19.3 Å². The number of ether oxygens (including phenoxy) is 1. The van der Waals surface area contributed by atoms with Gasteiger partial charge in [-0.15, -0.1) is 0 Å². The molecule has 2 fully saturated rings. The maximum Gasteiger partial charge on any atom is 0.345 e. The fraction of sp³-hybridized carbons (Fsp3) is 0.800. The van der Waals surface area contributed by atoms with Crippen molar-refractivity contribution >= 4 is 5.97 Å². The number of rotatable bonds is 4. The monoisotopic (exact) mass is 266 g/mol. The van der Waals surface area contributed by atoms with Crippen molar-refractivity contribution in [1.29, 1.82) is 0 Å². The average Bonchev–Trinajstić information content (AvgIpc) is 2.49. The molecular formula is C15H22O4. The summed E-state index contributed by atoms with van der Waals surface area (Å²) in [6.07, 6.45) is 11.2. The number of carbonyl (C=O) groups excluding carboxylic acids is 1. The Morgan fingerprint density at radius 1 is 1.26 bits per heavy atom. The molecule has 2 aliphatic carbocycles. The second kappa shape index (κ2) is 6.06. The molecule has 4 nitrogen and oxygen atoms in total. The summed E-state index contributed by atoms with van der Waals surface area (Å²) in [6, 6.07) is 0. The highest BCUT2D eigenvalue weighted by Crippen LogP contribution is 2.32. The van der Waals surface area contributed by atoms with Crippen LogP contribution < -0.4 is 0 Å². The zero-order valence-electron chi connectivity index (χ0n) is 11.3. The molecule has 4 rings (SSSR count). The fourth-order valence-corrected chi connectivity index (χ4v) is 3.27. The lowest BCUT2D eigenvalue weighted by molar-refractivity contribution is -0.289. The third kappa shape index (κ3) is 3.18. The van der Waals surface area contributed by atoms with Crippen molar-refractivity contribution in [2.45, 2.75) is 63.6 Å². The van der Waals surface area contributed by atoms with Gasteiger partial charge in [0.15, 0.2) is 0 Å². The molecule has 2 bridgehead atoms. The van der Waals surface area contributed by atoms with E-state index in [0.29, 0.717) is 12.7 Å². The summed E-state index contributed by atoms with van der Waals surface area (Å²) in [5, 5.41) is 0. The third-order valence-electron chi connectivity index (χ3n) is 4.47. The molecule has 2 aliphatic heterocycles. The maximum absolute atomic E-state index is 11.8. The van der Waals surface area contributed by atoms with Crippen LogP contribution in [-0.2, 0) is 19.3 Å². The quantitative estimate of drug-likeness (QED) is 0.446. The van der Waals surface area contributed by atoms with Crippen LogP contribution in [0.4, 0.5) is 0 Å². The van der Waals surface area contributed by atoms with Gasteiger partial charge in [0.1, 0.15) is 12.7 Å². The minimum absolute atomic E-state index is 0.00773. The summed E-state index contributed by atoms with van der Waals surface area (Å²) < 4.78 is 5.83. The van der Waals surface area contributed by atoms with Gasteiger partial charge in [-0.25, -0.2) is 4.79 Å². The van der Waals surface area contributed by atoms with Gasteiger partial charge in [0.2, 0.25) is 0 Å². The third-order valence-corrected chi connectivity index (χ3v) is 4.47. The molecule has 4 heteroatoms. The Morgan fingerprint density at radius 3 is 2.74 bits per heavy atom. The van der Waals surface area contributed by atoms with Crippen LogP contribution in [0.2, 0.25) is 0 Å². The molecule has 1 saturated carbocycles. The number of hydrogen-bond acceptors (Lipinski definition) is 4. The molecule has 0 N–H and O–H groups in total. The Morgan fingerprint density at radius 2 is 2.11 bits per heavy atom. The molecule has 0 aromatic carbocycles. The molecule has 0 spiro atoms. The first kappa shape index (κ1) is 13.1. The molecule has 19 heavy (non-hydrogen) atoms. The van der Waals surface area contributed by atoms with Crippen LogP contribution in [0.3, 0.4) is 0 Å². The predicted molar refractivity (Wildman–Crippen MR) is 69.2 cm³/mol. The number of carbonyl (C=O) groups is 1. The highest BCUT2D eigenvalue weighted by atomic mass is 17.2. The predicted octanol–water partition coefficient (Wildman–Crippen LogP) is 2.92. The van der Waals surface area contributed by atoms with E-state index in [1.54, 1.807) is 0 Å². The number of hydrogen-bond donors (Lipinski definition) is 0. The van der Waals surface area contributed by atoms with E-state index in [4.69, 9.17) is 14.5 Å². The first-order chi connectivity index (χ1) is 9.33. The van der Waals surface area contributed by atoms with E-state index in [1.165, 1.54) is 12.0 Å². The fourth-order valence-electron chi connectivity index (χ4n) is 3.27. The Labute approximate surface area is 114 Å². The van der Waals surface area contributed by atoms with Crippen LogP contribution in [0.15, 0.2) is 11.6 Å². The molecule has 0 aromatic heterocycles. The summed E-state index contributed by atoms with van der Waals surface area (Å²) in [6.45, 7) is 0.334. The molecule has 0 aromatic rings. The molecular weight excluding hydrogens is 244 g/mol. The van der Waals surface area contributed by atoms with Gasteiger partial charge in [0.05, 0.1) is 12.0 Å². The standard InChI is InChI=1S/C15H22O4/c16-15(12-4-2-1-3-5-12)19-17-10-14-11-6-8-13(18-14)9-7-11/h6,12-14H,1-5,7-10H2. The Bertz CT molecular complexity index is 357. The normalized spacial score (nSPS) is 31.1. The van der Waals surface area contributed by atoms with Crippen molar-refractivity contribution in [3.8, 4) is 0 Å². The van der Waals surface area contributed by atoms with Crippen LogP contribution in [0.5, 0.6) is 0 Å². The summed E-state index contributed by atoms with van der Waals surface area (Å²) in [4.78, 5) is 21.9. The summed E-state index contributed by atoms with van der Waals surface area (Å²) in [5.41, 5.74) is 1.30. The van der Waals surface area contributed by atoms with E-state index in [0.717, 1.165) is 44.9 Å². The lowest BCUT2D eigenvalue weighted by Crippen LogP contribution is -2.36. The van der Waals surface area contributed by atoms with Gasteiger partial charge in [-0.3, -0.25) is 4.89 Å². The van der Waals surface area contributed by atoms with Gasteiger partial charge in [-0.1, -0.05) is 25.3 Å². The first-order valence-electron chi connectivity index (χ1n) is 7.50. The van der Waals surface area contributed by atoms with Gasteiger partial charge in [0, 0.05) is 0 Å². The summed E-state index contributed by atoms with van der Waals surface area (Å²) in [7, 11) is 0. The van der Waals surface area contributed by atoms with Crippen molar-refractivity contribution in [3.63, 3.8) is 0 Å². The lowest BCUT2D eigenvalue weighted by atomic mass is 9.89. The minimum Gasteiger partial charge on any atom is -0.368 e. The summed E-state index contributed by atoms with van der Waals surface area (Å²) in [5.74, 6) is -0.161. The zero-order valence-corrected chi connectivity index (χ0v) is 11.3. The molecule has 0 amide bonds. The second-order valence-corrected chi connectivity index (χ2v) is 5.82. The van der Waals surface area contributed by atoms with Crippen molar-refractivity contribution in [2.24, 2.45) is 5.92 Å². The highest BCUT2D eigenvalue weighted by Gasteiger charge is 2.31. The van der Waals surface area contributed by atoms with E-state index in [1.807, 2.05) is 0 Å². The Kier molecular flexibility index (Phi) is 4.18. The zero-order chi connectivity index (χ0) is 13.1. The largest absolute Gasteiger partial charge is 0.368 e. The molecule has 2 unspecified atom stereocenters. The molecule has 2 atom stereocenters. The van der Waals surface area contributed by atoms with Gasteiger partial charge >= 0.3 is 5.97 Å². The average molecular weight is 266 g/mol. The maximum atomic E-state index is 11.8. The Balaban J connectivity index is 1.39. The van der Waals surface area contributed by atoms with Crippen molar-refractivity contribution in [2.75, 3.05) is 6.61 Å². The molecule has 1 saturated heterocycles. The highest BCUT2D eigenvalue weighted by molar-refractivity contribution is 5.71. The van der Waals surface area contributed by atoms with Crippen LogP contribution in [0.25, 0.3) is 0 Å². The van der Waals surface area contributed by atoms with Crippen LogP contribution >= 0.6 is 0 Å². The van der Waals surface area contributed by atoms with Gasteiger partial charge in [-0.2, -0.15) is 4.89 Å². The molecule has 2 heterocycles. The summed E-state index contributed by atoms with van der Waals surface area (Å²) >= 11 is 0. The SMILES string of the molecule is O=C(OOCC1OC2CC=C1CC2)C1CCCCC1. The van der Waals surface area contributed by atoms with Gasteiger partial charge < -0.3 is 4.74 Å². The van der Waals surface area contributed by atoms with E-state index < -0.39 is 0 Å². The number of fused-ring (bicyclic) bond motifs is 3. The molecule has 4 aliphatic rings. The van der Waals surface area contributed by atoms with Crippen molar-refractivity contribution in [1.82, 2.24) is 0 Å². The van der Waals surface area contributed by atoms with Crippen molar-refractivity contribution in [3.05, 3.63) is 11.6 Å². The van der Waals surface area contributed by atoms with Crippen LogP contribution in [0.1, 0.15) is 51.4 Å². The van der Waals surface area contributed by atoms with Crippen LogP contribution in [0, 0.1) is 5.92 Å². The molecule has 106 valence electrons. The topological polar surface area (TPSA) is 44.8 Å². The Hall–Kier alpha value is -0.870. The minimum atomic E-state index is -0.199. The van der Waals surface area contributed by atoms with Crippen LogP contribution in [-0.4, -0.2) is 24.8 Å². The second-order valence-electron chi connectivity index (χ2n) is 5.82. The van der Waals surface area contributed by atoms with E-state index in [9.17, 15) is 4.79 Å².